The molecule has 0 unspecified atom stereocenters. The summed E-state index contributed by atoms with van der Waals surface area (Å²) in [7, 11) is 0. The van der Waals surface area contributed by atoms with Crippen LogP contribution in [0.5, 0.6) is 0 Å². The van der Waals surface area contributed by atoms with E-state index >= 15 is 0 Å². The van der Waals surface area contributed by atoms with Gasteiger partial charge in [0.25, 0.3) is 11.8 Å². The molecule has 206 valence electrons. The van der Waals surface area contributed by atoms with Crippen molar-refractivity contribution in [2.75, 3.05) is 43.5 Å². The molecule has 1 aromatic carbocycles. The average molecular weight is 543 g/mol. The topological polar surface area (TPSA) is 153 Å². The maximum Gasteiger partial charge on any atom is 0.277 e. The fraction of sp³-hybridized carbons (Fsp3) is 0.321. The number of anilines is 2. The van der Waals surface area contributed by atoms with Crippen LogP contribution < -0.4 is 16.4 Å². The van der Waals surface area contributed by atoms with E-state index in [1.54, 1.807) is 18.5 Å². The molecule has 4 aromatic rings. The van der Waals surface area contributed by atoms with Crippen molar-refractivity contribution < 1.29 is 18.7 Å². The van der Waals surface area contributed by atoms with Crippen molar-refractivity contribution >= 4 is 23.3 Å². The third-order valence-corrected chi connectivity index (χ3v) is 6.89. The molecule has 1 aliphatic carbocycles. The highest BCUT2D eigenvalue weighted by Gasteiger charge is 2.22. The molecule has 40 heavy (non-hydrogen) atoms. The molecule has 1 saturated heterocycles. The lowest BCUT2D eigenvalue weighted by molar-refractivity contribution is 0.0342. The number of aromatic nitrogens is 4. The molecule has 1 aliphatic heterocycles. The molecule has 2 amide bonds. The van der Waals surface area contributed by atoms with Gasteiger partial charge in [0.15, 0.2) is 11.4 Å². The van der Waals surface area contributed by atoms with E-state index in [9.17, 15) is 9.59 Å². The smallest absolute Gasteiger partial charge is 0.277 e. The van der Waals surface area contributed by atoms with Crippen LogP contribution in [0.2, 0.25) is 0 Å². The van der Waals surface area contributed by atoms with Crippen molar-refractivity contribution in [2.24, 2.45) is 11.7 Å². The number of hydrogen-bond donors (Lipinski definition) is 3. The van der Waals surface area contributed by atoms with E-state index in [2.05, 4.69) is 30.6 Å². The van der Waals surface area contributed by atoms with Crippen molar-refractivity contribution in [2.45, 2.75) is 19.4 Å². The van der Waals surface area contributed by atoms with Crippen molar-refractivity contribution in [1.82, 2.24) is 24.6 Å². The SMILES string of the molecule is NC(=O)c1nn(-c2cccc(CN3CCOCC3)c2)cc1NC(=O)c1coc(-c2ccnc(NCC3CC3)c2)n1. The molecule has 6 rings (SSSR count). The lowest BCUT2D eigenvalue weighted by Gasteiger charge is -2.26. The van der Waals surface area contributed by atoms with Gasteiger partial charge in [-0.15, -0.1) is 0 Å². The summed E-state index contributed by atoms with van der Waals surface area (Å²) in [6.45, 7) is 4.84. The molecule has 0 bridgehead atoms. The number of oxazole rings is 1. The first-order valence-corrected chi connectivity index (χ1v) is 13.3. The molecule has 0 spiro atoms. The Morgan fingerprint density at radius 2 is 1.98 bits per heavy atom. The molecule has 3 aromatic heterocycles. The van der Waals surface area contributed by atoms with E-state index in [1.807, 2.05) is 30.3 Å². The minimum Gasteiger partial charge on any atom is -0.444 e. The van der Waals surface area contributed by atoms with Gasteiger partial charge in [-0.2, -0.15) is 5.10 Å². The number of primary amides is 1. The number of morpholine rings is 1. The third-order valence-electron chi connectivity index (χ3n) is 6.89. The summed E-state index contributed by atoms with van der Waals surface area (Å²) in [5, 5.41) is 10.4. The summed E-state index contributed by atoms with van der Waals surface area (Å²) in [5.41, 5.74) is 8.28. The summed E-state index contributed by atoms with van der Waals surface area (Å²) in [5.74, 6) is 0.392. The fourth-order valence-corrected chi connectivity index (χ4v) is 4.52. The number of nitrogens with two attached hydrogens (primary N) is 1. The molecule has 4 N–H and O–H groups in total. The number of carbonyl (C=O) groups is 2. The van der Waals surface area contributed by atoms with Crippen LogP contribution in [0.3, 0.4) is 0 Å². The van der Waals surface area contributed by atoms with Gasteiger partial charge in [0, 0.05) is 37.9 Å². The van der Waals surface area contributed by atoms with Crippen LogP contribution in [0.4, 0.5) is 11.5 Å². The van der Waals surface area contributed by atoms with Crippen LogP contribution in [-0.4, -0.2) is 69.3 Å². The lowest BCUT2D eigenvalue weighted by Crippen LogP contribution is -2.35. The number of carbonyl (C=O) groups excluding carboxylic acids is 2. The van der Waals surface area contributed by atoms with Gasteiger partial charge < -0.3 is 25.5 Å². The van der Waals surface area contributed by atoms with Crippen LogP contribution in [0.25, 0.3) is 17.1 Å². The Labute approximate surface area is 230 Å². The fourth-order valence-electron chi connectivity index (χ4n) is 4.52. The summed E-state index contributed by atoms with van der Waals surface area (Å²) < 4.78 is 12.5. The standard InChI is InChI=1S/C28H30N8O4/c29-26(37)25-22(16-36(34-25)21-3-1-2-19(12-21)15-35-8-10-39-11-9-35)32-27(38)23-17-40-28(33-23)20-6-7-30-24(13-20)31-14-18-4-5-18/h1-3,6-7,12-13,16-18H,4-5,8-11,14-15H2,(H2,29,37)(H,30,31)(H,32,38). The van der Waals surface area contributed by atoms with Gasteiger partial charge >= 0.3 is 0 Å². The first-order valence-electron chi connectivity index (χ1n) is 13.3. The summed E-state index contributed by atoms with van der Waals surface area (Å²) in [6.07, 6.45) is 6.97. The Morgan fingerprint density at radius 1 is 1.12 bits per heavy atom. The van der Waals surface area contributed by atoms with Crippen LogP contribution in [0.15, 0.2) is 59.5 Å². The van der Waals surface area contributed by atoms with Crippen molar-refractivity contribution in [3.63, 3.8) is 0 Å². The highest BCUT2D eigenvalue weighted by molar-refractivity contribution is 6.07. The molecular formula is C28H30N8O4. The van der Waals surface area contributed by atoms with E-state index in [0.29, 0.717) is 11.5 Å². The predicted octanol–water partition coefficient (Wildman–Crippen LogP) is 2.93. The second-order valence-electron chi connectivity index (χ2n) is 10.0. The molecule has 2 fully saturated rings. The third kappa shape index (κ3) is 6.03. The minimum atomic E-state index is -0.762. The Kier molecular flexibility index (Phi) is 7.25. The zero-order valence-electron chi connectivity index (χ0n) is 21.9. The van der Waals surface area contributed by atoms with Crippen molar-refractivity contribution in [3.8, 4) is 17.1 Å². The average Bonchev–Trinajstić information content (AvgIpc) is 3.48. The summed E-state index contributed by atoms with van der Waals surface area (Å²) in [6, 6.07) is 11.4. The number of nitrogens with one attached hydrogen (secondary N) is 2. The van der Waals surface area contributed by atoms with Gasteiger partial charge in [-0.1, -0.05) is 12.1 Å². The van der Waals surface area contributed by atoms with E-state index < -0.39 is 11.8 Å². The van der Waals surface area contributed by atoms with Gasteiger partial charge in [-0.25, -0.2) is 14.6 Å². The summed E-state index contributed by atoms with van der Waals surface area (Å²) >= 11 is 0. The second-order valence-corrected chi connectivity index (χ2v) is 10.0. The predicted molar refractivity (Wildman–Crippen MR) is 147 cm³/mol. The van der Waals surface area contributed by atoms with Crippen LogP contribution >= 0.6 is 0 Å². The maximum atomic E-state index is 13.0. The zero-order chi connectivity index (χ0) is 27.5. The molecular weight excluding hydrogens is 512 g/mol. The molecule has 1 saturated carbocycles. The van der Waals surface area contributed by atoms with Gasteiger partial charge in [0.05, 0.1) is 30.8 Å². The Morgan fingerprint density at radius 3 is 2.77 bits per heavy atom. The highest BCUT2D eigenvalue weighted by atomic mass is 16.5. The van der Waals surface area contributed by atoms with E-state index in [-0.39, 0.29) is 23.0 Å². The second kappa shape index (κ2) is 11.3. The van der Waals surface area contributed by atoms with E-state index in [4.69, 9.17) is 14.9 Å². The van der Waals surface area contributed by atoms with Crippen molar-refractivity contribution in [3.05, 3.63) is 72.0 Å². The number of nitrogens with zero attached hydrogens (tertiary/aromatic N) is 5. The van der Waals surface area contributed by atoms with Crippen LogP contribution in [0, 0.1) is 5.92 Å². The Balaban J connectivity index is 1.17. The number of benzene rings is 1. The lowest BCUT2D eigenvalue weighted by atomic mass is 10.2. The number of ether oxygens (including phenoxy) is 1. The number of amides is 2. The molecule has 4 heterocycles. The first kappa shape index (κ1) is 25.7. The largest absolute Gasteiger partial charge is 0.444 e. The molecule has 12 heteroatoms. The zero-order valence-corrected chi connectivity index (χ0v) is 21.9. The maximum absolute atomic E-state index is 13.0. The molecule has 0 radical (unpaired) electrons. The monoisotopic (exact) mass is 542 g/mol. The van der Waals surface area contributed by atoms with Gasteiger partial charge in [0.1, 0.15) is 12.1 Å². The van der Waals surface area contributed by atoms with Crippen LogP contribution in [-0.2, 0) is 11.3 Å². The molecule has 0 atom stereocenters. The van der Waals surface area contributed by atoms with E-state index in [1.165, 1.54) is 23.8 Å². The normalized spacial score (nSPS) is 15.6. The number of pyridine rings is 1. The van der Waals surface area contributed by atoms with Gasteiger partial charge in [-0.3, -0.25) is 14.5 Å². The van der Waals surface area contributed by atoms with E-state index in [0.717, 1.165) is 56.5 Å². The number of rotatable bonds is 10. The summed E-state index contributed by atoms with van der Waals surface area (Å²) in [4.78, 5) is 36.2. The highest BCUT2D eigenvalue weighted by Crippen LogP contribution is 2.29. The minimum absolute atomic E-state index is 0.0509. The molecule has 12 nitrogen and oxygen atoms in total. The van der Waals surface area contributed by atoms with Crippen molar-refractivity contribution in [1.29, 1.82) is 0 Å². The van der Waals surface area contributed by atoms with Gasteiger partial charge in [-0.05, 0) is 48.6 Å². The number of hydrogen-bond acceptors (Lipinski definition) is 9. The van der Waals surface area contributed by atoms with Gasteiger partial charge in [0.2, 0.25) is 5.89 Å². The first-order chi connectivity index (χ1) is 19.5. The van der Waals surface area contributed by atoms with Crippen LogP contribution in [0.1, 0.15) is 39.4 Å². The Bertz CT molecular complexity index is 1520. The Hall–Kier alpha value is -4.55. The quantitative estimate of drug-likeness (QED) is 0.274. The molecule has 2 aliphatic rings.